The molecule has 0 saturated heterocycles. The Kier molecular flexibility index (Phi) is 4.16. The summed E-state index contributed by atoms with van der Waals surface area (Å²) < 4.78 is 1.64. The Balaban J connectivity index is 2.74. The molecule has 0 bridgehead atoms. The Morgan fingerprint density at radius 2 is 2.06 bits per heavy atom. The minimum Gasteiger partial charge on any atom is -0.478 e. The minimum atomic E-state index is -0.972. The normalized spacial score (nSPS) is 11.3. The van der Waals surface area contributed by atoms with Gasteiger partial charge >= 0.3 is 5.97 Å². The predicted octanol–water partition coefficient (Wildman–Crippen LogP) is 1.80. The zero-order chi connectivity index (χ0) is 13.9. The van der Waals surface area contributed by atoms with Crippen molar-refractivity contribution in [3.05, 3.63) is 23.5 Å². The number of nitrogens with one attached hydrogen (secondary N) is 1. The number of rotatable bonds is 5. The lowest BCUT2D eigenvalue weighted by Gasteiger charge is -2.24. The van der Waals surface area contributed by atoms with Gasteiger partial charge < -0.3 is 15.0 Å². The number of aromatic nitrogens is 1. The molecule has 1 aromatic rings. The van der Waals surface area contributed by atoms with E-state index in [0.29, 0.717) is 5.69 Å². The van der Waals surface area contributed by atoms with Crippen molar-refractivity contribution in [2.45, 2.75) is 46.2 Å². The largest absolute Gasteiger partial charge is 0.478 e. The highest BCUT2D eigenvalue weighted by Gasteiger charge is 2.19. The van der Waals surface area contributed by atoms with Crippen LogP contribution in [0.3, 0.4) is 0 Å². The van der Waals surface area contributed by atoms with Gasteiger partial charge in [-0.05, 0) is 33.3 Å². The summed E-state index contributed by atoms with van der Waals surface area (Å²) in [5.74, 6) is -1.09. The van der Waals surface area contributed by atoms with Crippen molar-refractivity contribution in [3.63, 3.8) is 0 Å². The average molecular weight is 252 g/mol. The number of hydrogen-bond donors (Lipinski definition) is 2. The van der Waals surface area contributed by atoms with Crippen LogP contribution in [0, 0.1) is 6.92 Å². The van der Waals surface area contributed by atoms with Gasteiger partial charge in [0.05, 0.1) is 5.56 Å². The lowest BCUT2D eigenvalue weighted by atomic mass is 10.0. The van der Waals surface area contributed by atoms with Crippen LogP contribution in [-0.4, -0.2) is 27.1 Å². The van der Waals surface area contributed by atoms with Crippen molar-refractivity contribution in [2.75, 3.05) is 0 Å². The van der Waals surface area contributed by atoms with Gasteiger partial charge in [0.1, 0.15) is 6.54 Å². The van der Waals surface area contributed by atoms with E-state index < -0.39 is 5.97 Å². The van der Waals surface area contributed by atoms with Crippen LogP contribution in [-0.2, 0) is 11.3 Å². The maximum atomic E-state index is 11.8. The highest BCUT2D eigenvalue weighted by molar-refractivity contribution is 5.89. The summed E-state index contributed by atoms with van der Waals surface area (Å²) in [6, 6.07) is 1.51. The topological polar surface area (TPSA) is 71.3 Å². The fourth-order valence-electron chi connectivity index (χ4n) is 1.61. The van der Waals surface area contributed by atoms with Crippen LogP contribution in [0.1, 0.15) is 43.2 Å². The molecule has 0 aromatic carbocycles. The van der Waals surface area contributed by atoms with Gasteiger partial charge in [0, 0.05) is 17.4 Å². The second-order valence-corrected chi connectivity index (χ2v) is 5.03. The maximum Gasteiger partial charge on any atom is 0.337 e. The molecule has 0 aliphatic rings. The second-order valence-electron chi connectivity index (χ2n) is 5.03. The summed E-state index contributed by atoms with van der Waals surface area (Å²) >= 11 is 0. The third-order valence-corrected chi connectivity index (χ3v) is 3.15. The number of carboxylic acid groups (broad SMARTS) is 1. The van der Waals surface area contributed by atoms with Gasteiger partial charge in [-0.1, -0.05) is 6.92 Å². The fraction of sp³-hybridized carbons (Fsp3) is 0.538. The molecule has 0 radical (unpaired) electrons. The van der Waals surface area contributed by atoms with Crippen LogP contribution in [0.5, 0.6) is 0 Å². The van der Waals surface area contributed by atoms with E-state index in [9.17, 15) is 9.59 Å². The van der Waals surface area contributed by atoms with E-state index in [-0.39, 0.29) is 23.6 Å². The van der Waals surface area contributed by atoms with E-state index in [1.807, 2.05) is 20.8 Å². The van der Waals surface area contributed by atoms with E-state index in [1.165, 1.54) is 6.07 Å². The SMILES string of the molecule is CCC(C)(C)NC(=O)Cn1ccc(C(=O)O)c1C. The summed E-state index contributed by atoms with van der Waals surface area (Å²) in [5.41, 5.74) is 0.581. The molecule has 100 valence electrons. The first-order valence-electron chi connectivity index (χ1n) is 5.97. The highest BCUT2D eigenvalue weighted by atomic mass is 16.4. The average Bonchev–Trinajstić information content (AvgIpc) is 2.59. The van der Waals surface area contributed by atoms with Crippen molar-refractivity contribution >= 4 is 11.9 Å². The smallest absolute Gasteiger partial charge is 0.337 e. The number of carbonyl (C=O) groups excluding carboxylic acids is 1. The quantitative estimate of drug-likeness (QED) is 0.839. The Hall–Kier alpha value is -1.78. The summed E-state index contributed by atoms with van der Waals surface area (Å²) in [7, 11) is 0. The van der Waals surface area contributed by atoms with Crippen molar-refractivity contribution in [3.8, 4) is 0 Å². The van der Waals surface area contributed by atoms with Crippen LogP contribution < -0.4 is 5.32 Å². The lowest BCUT2D eigenvalue weighted by molar-refractivity contribution is -0.123. The Morgan fingerprint density at radius 1 is 1.44 bits per heavy atom. The Morgan fingerprint density at radius 3 is 2.50 bits per heavy atom. The van der Waals surface area contributed by atoms with Gasteiger partial charge in [-0.25, -0.2) is 4.79 Å². The highest BCUT2D eigenvalue weighted by Crippen LogP contribution is 2.11. The molecular formula is C13H20N2O3. The number of hydrogen-bond acceptors (Lipinski definition) is 2. The molecule has 0 fully saturated rings. The van der Waals surface area contributed by atoms with E-state index >= 15 is 0 Å². The molecule has 1 rings (SSSR count). The summed E-state index contributed by atoms with van der Waals surface area (Å²) in [5, 5.41) is 11.8. The number of carboxylic acids is 1. The van der Waals surface area contributed by atoms with Crippen LogP contribution in [0.25, 0.3) is 0 Å². The Labute approximate surface area is 107 Å². The number of aromatic carboxylic acids is 1. The number of amides is 1. The standard InChI is InChI=1S/C13H20N2O3/c1-5-13(3,4)14-11(16)8-15-7-6-10(9(15)2)12(17)18/h6-7H,5,8H2,1-4H3,(H,14,16)(H,17,18). The molecule has 0 aliphatic heterocycles. The zero-order valence-corrected chi connectivity index (χ0v) is 11.3. The van der Waals surface area contributed by atoms with Gasteiger partial charge in [0.25, 0.3) is 0 Å². The van der Waals surface area contributed by atoms with E-state index in [1.54, 1.807) is 17.7 Å². The molecule has 1 amide bonds. The van der Waals surface area contributed by atoms with E-state index in [2.05, 4.69) is 5.32 Å². The first kappa shape index (κ1) is 14.3. The number of carbonyl (C=O) groups is 2. The van der Waals surface area contributed by atoms with Gasteiger partial charge in [-0.2, -0.15) is 0 Å². The molecule has 5 nitrogen and oxygen atoms in total. The van der Waals surface area contributed by atoms with Gasteiger partial charge in [0.15, 0.2) is 0 Å². The van der Waals surface area contributed by atoms with Crippen molar-refractivity contribution in [1.29, 1.82) is 0 Å². The molecule has 0 aliphatic carbocycles. The van der Waals surface area contributed by atoms with Crippen LogP contribution in [0.15, 0.2) is 12.3 Å². The predicted molar refractivity (Wildman–Crippen MR) is 68.6 cm³/mol. The van der Waals surface area contributed by atoms with Crippen molar-refractivity contribution in [1.82, 2.24) is 9.88 Å². The van der Waals surface area contributed by atoms with E-state index in [0.717, 1.165) is 6.42 Å². The molecule has 0 spiro atoms. The molecule has 0 saturated carbocycles. The van der Waals surface area contributed by atoms with Crippen LogP contribution in [0.4, 0.5) is 0 Å². The second kappa shape index (κ2) is 5.25. The van der Waals surface area contributed by atoms with Crippen LogP contribution in [0.2, 0.25) is 0 Å². The lowest BCUT2D eigenvalue weighted by Crippen LogP contribution is -2.44. The molecular weight excluding hydrogens is 232 g/mol. The van der Waals surface area contributed by atoms with Crippen molar-refractivity contribution in [2.24, 2.45) is 0 Å². The molecule has 0 atom stereocenters. The molecule has 18 heavy (non-hydrogen) atoms. The third-order valence-electron chi connectivity index (χ3n) is 3.15. The molecule has 1 aromatic heterocycles. The zero-order valence-electron chi connectivity index (χ0n) is 11.3. The molecule has 0 unspecified atom stereocenters. The first-order chi connectivity index (χ1) is 8.26. The first-order valence-corrected chi connectivity index (χ1v) is 5.97. The summed E-state index contributed by atoms with van der Waals surface area (Å²) in [6.07, 6.45) is 2.46. The molecule has 1 heterocycles. The molecule has 2 N–H and O–H groups in total. The maximum absolute atomic E-state index is 11.8. The van der Waals surface area contributed by atoms with Gasteiger partial charge in [-0.15, -0.1) is 0 Å². The molecule has 5 heteroatoms. The fourth-order valence-corrected chi connectivity index (χ4v) is 1.61. The monoisotopic (exact) mass is 252 g/mol. The Bertz CT molecular complexity index is 461. The van der Waals surface area contributed by atoms with Crippen LogP contribution >= 0.6 is 0 Å². The summed E-state index contributed by atoms with van der Waals surface area (Å²) in [4.78, 5) is 22.7. The third kappa shape index (κ3) is 3.35. The van der Waals surface area contributed by atoms with Gasteiger partial charge in [-0.3, -0.25) is 4.79 Å². The van der Waals surface area contributed by atoms with E-state index in [4.69, 9.17) is 5.11 Å². The van der Waals surface area contributed by atoms with Gasteiger partial charge in [0.2, 0.25) is 5.91 Å². The summed E-state index contributed by atoms with van der Waals surface area (Å²) in [6.45, 7) is 7.75. The minimum absolute atomic E-state index is 0.113. The van der Waals surface area contributed by atoms with Crippen molar-refractivity contribution < 1.29 is 14.7 Å². The number of nitrogens with zero attached hydrogens (tertiary/aromatic N) is 1.